The van der Waals surface area contributed by atoms with Gasteiger partial charge in [0.15, 0.2) is 0 Å². The molecule has 1 aliphatic rings. The van der Waals surface area contributed by atoms with Crippen LogP contribution in [-0.4, -0.2) is 36.0 Å². The number of methoxy groups -OCH3 is 1. The molecule has 6 heteroatoms. The third-order valence-corrected chi connectivity index (χ3v) is 6.50. The topological polar surface area (TPSA) is 54.5 Å². The lowest BCUT2D eigenvalue weighted by molar-refractivity contribution is 0.0877. The van der Waals surface area contributed by atoms with Crippen molar-refractivity contribution in [2.75, 3.05) is 20.2 Å². The Bertz CT molecular complexity index is 946. The molecule has 4 rings (SSSR count). The van der Waals surface area contributed by atoms with E-state index in [4.69, 9.17) is 4.74 Å². The third kappa shape index (κ3) is 4.89. The summed E-state index contributed by atoms with van der Waals surface area (Å²) in [5.41, 5.74) is 1.88. The fourth-order valence-corrected chi connectivity index (χ4v) is 4.95. The predicted molar refractivity (Wildman–Crippen MR) is 120 cm³/mol. The Kier molecular flexibility index (Phi) is 6.77. The highest BCUT2D eigenvalue weighted by Gasteiger charge is 2.31. The van der Waals surface area contributed by atoms with E-state index in [9.17, 15) is 4.79 Å². The normalized spacial score (nSPS) is 18.0. The van der Waals surface area contributed by atoms with Gasteiger partial charge in [0.2, 0.25) is 0 Å². The van der Waals surface area contributed by atoms with E-state index in [1.165, 1.54) is 5.56 Å². The largest absolute Gasteiger partial charge is 0.496 e. The number of aromatic nitrogens is 1. The molecule has 0 spiro atoms. The molecular formula is C24H27N3O2S. The zero-order chi connectivity index (χ0) is 20.8. The van der Waals surface area contributed by atoms with Crippen molar-refractivity contribution in [3.8, 4) is 5.75 Å². The van der Waals surface area contributed by atoms with E-state index >= 15 is 0 Å². The second-order valence-electron chi connectivity index (χ2n) is 7.64. The Labute approximate surface area is 181 Å². The first kappa shape index (κ1) is 20.6. The van der Waals surface area contributed by atoms with Crippen LogP contribution >= 0.6 is 11.3 Å². The number of ether oxygens (including phenoxy) is 1. The number of amides is 1. The molecule has 0 bridgehead atoms. The van der Waals surface area contributed by atoms with E-state index in [1.807, 2.05) is 54.0 Å². The van der Waals surface area contributed by atoms with Gasteiger partial charge < -0.3 is 10.1 Å². The fourth-order valence-electron chi connectivity index (χ4n) is 4.16. The lowest BCUT2D eigenvalue weighted by atomic mass is 9.90. The van der Waals surface area contributed by atoms with Crippen molar-refractivity contribution in [2.24, 2.45) is 5.92 Å². The van der Waals surface area contributed by atoms with Crippen LogP contribution in [0, 0.1) is 5.92 Å². The highest BCUT2D eigenvalue weighted by atomic mass is 32.1. The first-order valence-electron chi connectivity index (χ1n) is 10.3. The number of thiazole rings is 1. The zero-order valence-corrected chi connectivity index (χ0v) is 18.0. The van der Waals surface area contributed by atoms with Gasteiger partial charge in [-0.05, 0) is 43.5 Å². The number of hydrogen-bond acceptors (Lipinski definition) is 5. The van der Waals surface area contributed by atoms with Crippen LogP contribution in [-0.2, 0) is 6.54 Å². The molecule has 5 nitrogen and oxygen atoms in total. The molecule has 2 atom stereocenters. The van der Waals surface area contributed by atoms with Crippen LogP contribution in [0.15, 0.2) is 66.2 Å². The van der Waals surface area contributed by atoms with E-state index in [0.717, 1.165) is 43.2 Å². The van der Waals surface area contributed by atoms with Crippen molar-refractivity contribution in [2.45, 2.75) is 25.4 Å². The van der Waals surface area contributed by atoms with Gasteiger partial charge in [-0.2, -0.15) is 0 Å². The van der Waals surface area contributed by atoms with Crippen LogP contribution in [0.25, 0.3) is 0 Å². The van der Waals surface area contributed by atoms with Crippen molar-refractivity contribution in [3.05, 3.63) is 82.3 Å². The summed E-state index contributed by atoms with van der Waals surface area (Å²) in [5, 5.41) is 6.22. The van der Waals surface area contributed by atoms with E-state index in [-0.39, 0.29) is 11.9 Å². The Morgan fingerprint density at radius 1 is 1.23 bits per heavy atom. The van der Waals surface area contributed by atoms with Gasteiger partial charge in [0, 0.05) is 35.8 Å². The second-order valence-corrected chi connectivity index (χ2v) is 8.56. The van der Waals surface area contributed by atoms with Gasteiger partial charge in [-0.15, -0.1) is 11.3 Å². The quantitative estimate of drug-likeness (QED) is 0.609. The molecule has 2 unspecified atom stereocenters. The van der Waals surface area contributed by atoms with Crippen molar-refractivity contribution >= 4 is 17.2 Å². The maximum atomic E-state index is 12.9. The van der Waals surface area contributed by atoms with Gasteiger partial charge in [0.25, 0.3) is 5.91 Å². The van der Waals surface area contributed by atoms with E-state index < -0.39 is 0 Å². The molecule has 1 saturated heterocycles. The SMILES string of the molecule is COc1ccccc1CN1CCCC(C(NC(=O)c2ccccc2)c2nccs2)C1. The number of nitrogens with zero attached hydrogens (tertiary/aromatic N) is 2. The summed E-state index contributed by atoms with van der Waals surface area (Å²) in [6, 6.07) is 17.5. The van der Waals surface area contributed by atoms with Crippen molar-refractivity contribution in [1.29, 1.82) is 0 Å². The number of carbonyl (C=O) groups is 1. The molecule has 1 N–H and O–H groups in total. The second kappa shape index (κ2) is 9.87. The molecule has 1 aliphatic heterocycles. The predicted octanol–water partition coefficient (Wildman–Crippen LogP) is 4.54. The molecular weight excluding hydrogens is 394 g/mol. The van der Waals surface area contributed by atoms with Crippen LogP contribution in [0.4, 0.5) is 0 Å². The van der Waals surface area contributed by atoms with Gasteiger partial charge in [-0.25, -0.2) is 4.98 Å². The maximum absolute atomic E-state index is 12.9. The van der Waals surface area contributed by atoms with Crippen LogP contribution < -0.4 is 10.1 Å². The zero-order valence-electron chi connectivity index (χ0n) is 17.2. The minimum absolute atomic E-state index is 0.0438. The van der Waals surface area contributed by atoms with E-state index in [0.29, 0.717) is 11.5 Å². The van der Waals surface area contributed by atoms with E-state index in [2.05, 4.69) is 27.3 Å². The molecule has 2 aromatic carbocycles. The summed E-state index contributed by atoms with van der Waals surface area (Å²) in [6.07, 6.45) is 3.99. The molecule has 3 aromatic rings. The van der Waals surface area contributed by atoms with E-state index in [1.54, 1.807) is 18.4 Å². The monoisotopic (exact) mass is 421 g/mol. The molecule has 0 saturated carbocycles. The maximum Gasteiger partial charge on any atom is 0.251 e. The average molecular weight is 422 g/mol. The standard InChI is InChI=1S/C24H27N3O2S/c1-29-21-12-6-5-10-19(21)16-27-14-7-11-20(17-27)22(24-25-13-15-30-24)26-23(28)18-8-3-2-4-9-18/h2-6,8-10,12-13,15,20,22H,7,11,14,16-17H2,1H3,(H,26,28). The van der Waals surface area contributed by atoms with Crippen molar-refractivity contribution in [1.82, 2.24) is 15.2 Å². The molecule has 0 aliphatic carbocycles. The summed E-state index contributed by atoms with van der Waals surface area (Å²) in [7, 11) is 1.72. The first-order chi connectivity index (χ1) is 14.7. The summed E-state index contributed by atoms with van der Waals surface area (Å²) in [4.78, 5) is 19.9. The molecule has 156 valence electrons. The average Bonchev–Trinajstić information content (AvgIpc) is 3.33. The minimum Gasteiger partial charge on any atom is -0.496 e. The number of nitrogens with one attached hydrogen (secondary N) is 1. The van der Waals surface area contributed by atoms with Crippen LogP contribution in [0.2, 0.25) is 0 Å². The van der Waals surface area contributed by atoms with Gasteiger partial charge in [0.05, 0.1) is 13.2 Å². The lowest BCUT2D eigenvalue weighted by Gasteiger charge is -2.36. The lowest BCUT2D eigenvalue weighted by Crippen LogP contribution is -2.42. The molecule has 0 radical (unpaired) electrons. The van der Waals surface area contributed by atoms with Crippen LogP contribution in [0.5, 0.6) is 5.75 Å². The number of carbonyl (C=O) groups excluding carboxylic acids is 1. The highest BCUT2D eigenvalue weighted by molar-refractivity contribution is 7.09. The Hall–Kier alpha value is -2.70. The Morgan fingerprint density at radius 2 is 2.03 bits per heavy atom. The fraction of sp³-hybridized carbons (Fsp3) is 0.333. The summed E-state index contributed by atoms with van der Waals surface area (Å²) in [6.45, 7) is 2.81. The van der Waals surface area contributed by atoms with Gasteiger partial charge in [0.1, 0.15) is 10.8 Å². The summed E-state index contributed by atoms with van der Waals surface area (Å²) < 4.78 is 5.53. The van der Waals surface area contributed by atoms with Crippen LogP contribution in [0.3, 0.4) is 0 Å². The Balaban J connectivity index is 1.50. The third-order valence-electron chi connectivity index (χ3n) is 5.64. The highest BCUT2D eigenvalue weighted by Crippen LogP contribution is 2.32. The van der Waals surface area contributed by atoms with Gasteiger partial charge in [-0.3, -0.25) is 9.69 Å². The summed E-state index contributed by atoms with van der Waals surface area (Å²) in [5.74, 6) is 1.19. The minimum atomic E-state index is -0.0850. The number of piperidine rings is 1. The van der Waals surface area contributed by atoms with Crippen LogP contribution in [0.1, 0.15) is 39.8 Å². The number of rotatable bonds is 7. The van der Waals surface area contributed by atoms with Crippen molar-refractivity contribution < 1.29 is 9.53 Å². The Morgan fingerprint density at radius 3 is 2.80 bits per heavy atom. The number of likely N-dealkylation sites (tertiary alicyclic amines) is 1. The first-order valence-corrected chi connectivity index (χ1v) is 11.2. The summed E-state index contributed by atoms with van der Waals surface area (Å²) >= 11 is 1.61. The molecule has 1 aromatic heterocycles. The smallest absolute Gasteiger partial charge is 0.251 e. The number of benzene rings is 2. The molecule has 1 amide bonds. The van der Waals surface area contributed by atoms with Gasteiger partial charge >= 0.3 is 0 Å². The number of para-hydroxylation sites is 1. The van der Waals surface area contributed by atoms with Gasteiger partial charge in [-0.1, -0.05) is 36.4 Å². The molecule has 30 heavy (non-hydrogen) atoms. The number of hydrogen-bond donors (Lipinski definition) is 1. The molecule has 2 heterocycles. The molecule has 1 fully saturated rings. The van der Waals surface area contributed by atoms with Crippen molar-refractivity contribution in [3.63, 3.8) is 0 Å².